The Bertz CT molecular complexity index is 502. The van der Waals surface area contributed by atoms with Crippen LogP contribution in [0.25, 0.3) is 0 Å². The molecular formula is C15H32BrN9. The molecular weight excluding hydrogens is 386 g/mol. The highest BCUT2D eigenvalue weighted by Crippen LogP contribution is 2.13. The molecule has 0 aliphatic carbocycles. The van der Waals surface area contributed by atoms with Crippen molar-refractivity contribution in [3.63, 3.8) is 0 Å². The highest BCUT2D eigenvalue weighted by molar-refractivity contribution is 5.69. The standard InChI is InChI=1S/C15H31N9.BrH/c1-4-7-9-19-13-21-14(20-11-8-10-18-12(16)17)23-15(22-13)24(5-2)6-3;/h4-11H2,1-3H3,(H4,16,17,18)(H2,19,20,21,22,23);1H. The van der Waals surface area contributed by atoms with E-state index in [-0.39, 0.29) is 22.9 Å². The van der Waals surface area contributed by atoms with Gasteiger partial charge in [0.25, 0.3) is 0 Å². The molecule has 0 spiro atoms. The Balaban J connectivity index is 0.00000576. The Morgan fingerprint density at radius 2 is 1.52 bits per heavy atom. The lowest BCUT2D eigenvalue weighted by Crippen LogP contribution is -3.00. The lowest BCUT2D eigenvalue weighted by atomic mass is 10.3. The Morgan fingerprint density at radius 3 is 2.00 bits per heavy atom. The van der Waals surface area contributed by atoms with Crippen LogP contribution in [0.3, 0.4) is 0 Å². The van der Waals surface area contributed by atoms with Crippen LogP contribution in [0.2, 0.25) is 0 Å². The SMILES string of the molecule is CCCCNc1nc(NCCC[NH+]=C(N)N)nc(N(CC)CC)n1.[Br-]. The van der Waals surface area contributed by atoms with Gasteiger partial charge in [-0.05, 0) is 26.7 Å². The van der Waals surface area contributed by atoms with Crippen molar-refractivity contribution in [1.29, 1.82) is 0 Å². The van der Waals surface area contributed by atoms with Crippen molar-refractivity contribution in [3.8, 4) is 0 Å². The summed E-state index contributed by atoms with van der Waals surface area (Å²) in [4.78, 5) is 18.5. The van der Waals surface area contributed by atoms with E-state index in [1.165, 1.54) is 0 Å². The minimum absolute atomic E-state index is 0. The fraction of sp³-hybridized carbons (Fsp3) is 0.733. The van der Waals surface area contributed by atoms with Gasteiger partial charge < -0.3 is 32.5 Å². The summed E-state index contributed by atoms with van der Waals surface area (Å²) in [6.07, 6.45) is 3.06. The largest absolute Gasteiger partial charge is 1.00 e. The van der Waals surface area contributed by atoms with Gasteiger partial charge in [0.15, 0.2) is 0 Å². The van der Waals surface area contributed by atoms with Crippen LogP contribution in [-0.4, -0.2) is 53.6 Å². The summed E-state index contributed by atoms with van der Waals surface area (Å²) in [5.74, 6) is 2.12. The first kappa shape index (κ1) is 23.2. The van der Waals surface area contributed by atoms with Crippen LogP contribution in [0.15, 0.2) is 0 Å². The molecule has 0 unspecified atom stereocenters. The van der Waals surface area contributed by atoms with Gasteiger partial charge in [0.05, 0.1) is 6.54 Å². The lowest BCUT2D eigenvalue weighted by Gasteiger charge is -2.19. The summed E-state index contributed by atoms with van der Waals surface area (Å²) >= 11 is 0. The predicted octanol–water partition coefficient (Wildman–Crippen LogP) is -3.91. The molecule has 0 saturated carbocycles. The summed E-state index contributed by atoms with van der Waals surface area (Å²) in [7, 11) is 0. The quantitative estimate of drug-likeness (QED) is 0.132. The van der Waals surface area contributed by atoms with Crippen LogP contribution >= 0.6 is 0 Å². The fourth-order valence-corrected chi connectivity index (χ4v) is 2.07. The molecule has 0 radical (unpaired) electrons. The number of hydrogen-bond acceptors (Lipinski definition) is 6. The fourth-order valence-electron chi connectivity index (χ4n) is 2.07. The van der Waals surface area contributed by atoms with Crippen molar-refractivity contribution in [3.05, 3.63) is 0 Å². The molecule has 7 N–H and O–H groups in total. The van der Waals surface area contributed by atoms with Crippen LogP contribution in [-0.2, 0) is 0 Å². The number of rotatable bonds is 12. The van der Waals surface area contributed by atoms with E-state index in [9.17, 15) is 0 Å². The van der Waals surface area contributed by atoms with E-state index >= 15 is 0 Å². The normalized spacial score (nSPS) is 9.88. The van der Waals surface area contributed by atoms with E-state index in [0.29, 0.717) is 24.4 Å². The van der Waals surface area contributed by atoms with E-state index in [1.807, 2.05) is 0 Å². The van der Waals surface area contributed by atoms with Crippen molar-refractivity contribution in [2.45, 2.75) is 40.0 Å². The number of guanidine groups is 1. The van der Waals surface area contributed by atoms with E-state index in [1.54, 1.807) is 0 Å². The molecule has 0 aromatic carbocycles. The summed E-state index contributed by atoms with van der Waals surface area (Å²) in [5, 5.41) is 6.50. The molecule has 0 aliphatic rings. The second kappa shape index (κ2) is 13.5. The van der Waals surface area contributed by atoms with Crippen LogP contribution in [0.5, 0.6) is 0 Å². The van der Waals surface area contributed by atoms with E-state index in [4.69, 9.17) is 11.5 Å². The number of nitrogens with two attached hydrogens (primary N) is 2. The average molecular weight is 418 g/mol. The summed E-state index contributed by atoms with van der Waals surface area (Å²) < 4.78 is 0. The van der Waals surface area contributed by atoms with E-state index in [2.05, 4.69) is 56.2 Å². The minimum Gasteiger partial charge on any atom is -1.00 e. The van der Waals surface area contributed by atoms with Gasteiger partial charge in [-0.1, -0.05) is 13.3 Å². The number of nitrogens with one attached hydrogen (secondary N) is 3. The second-order valence-corrected chi connectivity index (χ2v) is 5.40. The zero-order chi connectivity index (χ0) is 17.8. The number of anilines is 3. The van der Waals surface area contributed by atoms with Crippen LogP contribution in [0.1, 0.15) is 40.0 Å². The molecule has 0 amide bonds. The molecule has 1 heterocycles. The van der Waals surface area contributed by atoms with E-state index < -0.39 is 0 Å². The Morgan fingerprint density at radius 1 is 0.960 bits per heavy atom. The minimum atomic E-state index is 0. The Labute approximate surface area is 160 Å². The molecule has 1 aromatic rings. The molecule has 0 fully saturated rings. The molecule has 0 bridgehead atoms. The number of halogens is 1. The maximum atomic E-state index is 5.36. The average Bonchev–Trinajstić information content (AvgIpc) is 2.55. The zero-order valence-corrected chi connectivity index (χ0v) is 17.1. The van der Waals surface area contributed by atoms with Crippen LogP contribution < -0.4 is 49.0 Å². The summed E-state index contributed by atoms with van der Waals surface area (Å²) in [5.41, 5.74) is 10.7. The number of aromatic nitrogens is 3. The molecule has 0 atom stereocenters. The van der Waals surface area contributed by atoms with Gasteiger partial charge in [-0.25, -0.2) is 0 Å². The highest BCUT2D eigenvalue weighted by Gasteiger charge is 2.10. The molecule has 1 aromatic heterocycles. The van der Waals surface area contributed by atoms with Crippen molar-refractivity contribution < 1.29 is 22.0 Å². The Kier molecular flexibility index (Phi) is 12.5. The third-order valence-corrected chi connectivity index (χ3v) is 3.45. The van der Waals surface area contributed by atoms with Gasteiger partial charge in [0, 0.05) is 26.2 Å². The summed E-state index contributed by atoms with van der Waals surface area (Å²) in [6, 6.07) is 0. The van der Waals surface area contributed by atoms with Gasteiger partial charge in [-0.3, -0.25) is 16.5 Å². The van der Waals surface area contributed by atoms with Crippen LogP contribution in [0, 0.1) is 0 Å². The molecule has 1 rings (SSSR count). The first-order chi connectivity index (χ1) is 11.6. The second-order valence-electron chi connectivity index (χ2n) is 5.40. The molecule has 0 aliphatic heterocycles. The smallest absolute Gasteiger partial charge is 0.338 e. The zero-order valence-electron chi connectivity index (χ0n) is 15.5. The van der Waals surface area contributed by atoms with Gasteiger partial charge in [-0.2, -0.15) is 15.0 Å². The Hall–Kier alpha value is -1.84. The predicted molar refractivity (Wildman–Crippen MR) is 99.1 cm³/mol. The molecule has 0 saturated heterocycles. The maximum Gasteiger partial charge on any atom is 0.338 e. The lowest BCUT2D eigenvalue weighted by molar-refractivity contribution is -0.459. The van der Waals surface area contributed by atoms with Gasteiger partial charge >= 0.3 is 5.96 Å². The third-order valence-electron chi connectivity index (χ3n) is 3.45. The maximum absolute atomic E-state index is 5.36. The van der Waals surface area contributed by atoms with Crippen molar-refractivity contribution in [2.75, 3.05) is 48.3 Å². The highest BCUT2D eigenvalue weighted by atomic mass is 79.9. The van der Waals surface area contributed by atoms with Crippen molar-refractivity contribution in [1.82, 2.24) is 15.0 Å². The molecule has 144 valence electrons. The summed E-state index contributed by atoms with van der Waals surface area (Å²) in [6.45, 7) is 10.3. The van der Waals surface area contributed by atoms with Crippen LogP contribution in [0.4, 0.5) is 17.8 Å². The third kappa shape index (κ3) is 9.28. The first-order valence-corrected chi connectivity index (χ1v) is 8.71. The molecule has 25 heavy (non-hydrogen) atoms. The van der Waals surface area contributed by atoms with Gasteiger partial charge in [-0.15, -0.1) is 0 Å². The monoisotopic (exact) mass is 417 g/mol. The van der Waals surface area contributed by atoms with E-state index in [0.717, 1.165) is 45.4 Å². The van der Waals surface area contributed by atoms with Crippen molar-refractivity contribution >= 4 is 23.8 Å². The van der Waals surface area contributed by atoms with Gasteiger partial charge in [0.1, 0.15) is 0 Å². The number of unbranched alkanes of at least 4 members (excludes halogenated alkanes) is 1. The number of hydrogen-bond donors (Lipinski definition) is 5. The van der Waals surface area contributed by atoms with Gasteiger partial charge in [0.2, 0.25) is 17.8 Å². The number of nitrogens with zero attached hydrogens (tertiary/aromatic N) is 4. The van der Waals surface area contributed by atoms with Crippen molar-refractivity contribution in [2.24, 2.45) is 11.5 Å². The molecule has 9 nitrogen and oxygen atoms in total. The molecule has 10 heteroatoms. The topological polar surface area (TPSA) is 132 Å². The first-order valence-electron chi connectivity index (χ1n) is 8.71.